The summed E-state index contributed by atoms with van der Waals surface area (Å²) >= 11 is 6.55. The smallest absolute Gasteiger partial charge is 0.258 e. The number of halogens is 1. The van der Waals surface area contributed by atoms with Crippen LogP contribution in [0.4, 0.5) is 17.1 Å². The average Bonchev–Trinajstić information content (AvgIpc) is 3.26. The van der Waals surface area contributed by atoms with Crippen LogP contribution < -0.4 is 14.8 Å². The quantitative estimate of drug-likeness (QED) is 0.0532. The molecule has 3 aromatic carbocycles. The molecule has 0 spiro atoms. The van der Waals surface area contributed by atoms with Gasteiger partial charge in [-0.3, -0.25) is 19.2 Å². The lowest BCUT2D eigenvalue weighted by Crippen LogP contribution is -2.33. The highest BCUT2D eigenvalue weighted by Crippen LogP contribution is 2.27. The highest BCUT2D eigenvalue weighted by molar-refractivity contribution is 7.89. The Hall–Kier alpha value is -4.63. The van der Waals surface area contributed by atoms with Crippen molar-refractivity contribution in [1.82, 2.24) is 19.2 Å². The van der Waals surface area contributed by atoms with E-state index in [9.17, 15) is 36.0 Å². The van der Waals surface area contributed by atoms with Crippen LogP contribution in [0.3, 0.4) is 0 Å². The summed E-state index contributed by atoms with van der Waals surface area (Å²) < 4.78 is 56.5. The van der Waals surface area contributed by atoms with Gasteiger partial charge in [-0.25, -0.2) is 26.3 Å². The summed E-state index contributed by atoms with van der Waals surface area (Å²) in [6.45, 7) is 10.5. The molecule has 2 heterocycles. The number of hydrogen-bond donors (Lipinski definition) is 3. The predicted molar refractivity (Wildman–Crippen MR) is 245 cm³/mol. The number of Topliss-reactive ketones (excluding diaryl/α,β-unsaturated/α-hetero) is 3. The number of nitrogens with zero attached hydrogens (tertiary/aromatic N) is 6. The lowest BCUT2D eigenvalue weighted by molar-refractivity contribution is -0.128. The second-order valence-electron chi connectivity index (χ2n) is 16.1. The van der Waals surface area contributed by atoms with E-state index in [0.29, 0.717) is 37.1 Å². The molecule has 0 aliphatic carbocycles. The van der Waals surface area contributed by atoms with E-state index in [1.807, 2.05) is 0 Å². The van der Waals surface area contributed by atoms with E-state index in [1.54, 1.807) is 13.0 Å². The SMILES string of the molecule is CC(=O)C(N=Nc1ccc(S(=O)(=O)NCCCN2CCCCC2)cc1)C(=O)Cc1cc(C)c(NC(=O)C(N=Nc2ccc(S(=O)(=O)NCCCN3CCCCC3)cc2)C(C)=O)cc1Cl. The molecule has 3 N–H and O–H groups in total. The molecule has 1 amide bonds. The van der Waals surface area contributed by atoms with Crippen LogP contribution in [0.25, 0.3) is 0 Å². The molecule has 2 fully saturated rings. The van der Waals surface area contributed by atoms with Crippen LogP contribution in [0, 0.1) is 6.92 Å². The zero-order valence-corrected chi connectivity index (χ0v) is 39.0. The molecule has 346 valence electrons. The molecule has 5 rings (SSSR count). The van der Waals surface area contributed by atoms with Crippen molar-refractivity contribution in [3.63, 3.8) is 0 Å². The van der Waals surface area contributed by atoms with Crippen LogP contribution in [0.1, 0.15) is 76.3 Å². The topological polar surface area (TPSA) is 229 Å². The Morgan fingerprint density at radius 1 is 0.656 bits per heavy atom. The fraction of sp³-hybridized carbons (Fsp3) is 0.500. The van der Waals surface area contributed by atoms with Gasteiger partial charge >= 0.3 is 0 Å². The first kappa shape index (κ1) is 50.4. The zero-order valence-electron chi connectivity index (χ0n) is 36.6. The van der Waals surface area contributed by atoms with Crippen LogP contribution in [0.5, 0.6) is 0 Å². The van der Waals surface area contributed by atoms with Gasteiger partial charge in [0.25, 0.3) is 5.91 Å². The Bertz CT molecular complexity index is 2220. The first-order valence-corrected chi connectivity index (χ1v) is 25.0. The van der Waals surface area contributed by atoms with Crippen molar-refractivity contribution in [2.75, 3.05) is 57.7 Å². The standard InChI is InChI=1S/C44H58ClN9O8S2/c1-31-28-34(29-41(57)42(32(2)55)51-49-35-12-16-37(17-13-35)63(59,60)46-20-10-26-53-22-6-4-7-23-53)39(45)30-40(31)48-44(58)43(33(3)56)52-50-36-14-18-38(19-15-36)64(61,62)47-21-11-27-54-24-8-5-9-25-54/h12-19,28,30,42-43,46-47H,4-11,20-27,29H2,1-3H3,(H,48,58). The fourth-order valence-corrected chi connectivity index (χ4v) is 9.75. The molecule has 0 aromatic heterocycles. The number of hydrogen-bond acceptors (Lipinski definition) is 14. The van der Waals surface area contributed by atoms with E-state index in [2.05, 4.69) is 45.0 Å². The summed E-state index contributed by atoms with van der Waals surface area (Å²) in [4.78, 5) is 56.4. The zero-order chi connectivity index (χ0) is 46.3. The van der Waals surface area contributed by atoms with Crippen LogP contribution in [0.15, 0.2) is 90.9 Å². The summed E-state index contributed by atoms with van der Waals surface area (Å²) in [5, 5.41) is 18.7. The molecule has 2 aliphatic rings. The molecule has 3 aromatic rings. The maximum Gasteiger partial charge on any atom is 0.258 e. The minimum absolute atomic E-state index is 0.0447. The highest BCUT2D eigenvalue weighted by Gasteiger charge is 2.27. The third-order valence-corrected chi connectivity index (χ3v) is 14.3. The number of likely N-dealkylation sites (tertiary alicyclic amines) is 2. The third-order valence-electron chi connectivity index (χ3n) is 11.0. The van der Waals surface area contributed by atoms with Gasteiger partial charge in [0, 0.05) is 30.2 Å². The number of amides is 1. The molecule has 2 saturated heterocycles. The van der Waals surface area contributed by atoms with Gasteiger partial charge in [-0.15, -0.1) is 0 Å². The monoisotopic (exact) mass is 939 g/mol. The molecule has 0 bridgehead atoms. The largest absolute Gasteiger partial charge is 0.323 e. The molecule has 2 aliphatic heterocycles. The number of carbonyl (C=O) groups excluding carboxylic acids is 4. The summed E-state index contributed by atoms with van der Waals surface area (Å²) in [7, 11) is -7.50. The van der Waals surface area contributed by atoms with Crippen molar-refractivity contribution in [2.45, 2.75) is 100 Å². The normalized spacial score (nSPS) is 16.5. The second kappa shape index (κ2) is 24.1. The van der Waals surface area contributed by atoms with E-state index in [1.165, 1.54) is 107 Å². The predicted octanol–water partition coefficient (Wildman–Crippen LogP) is 6.49. The van der Waals surface area contributed by atoms with Gasteiger partial charge in [-0.1, -0.05) is 30.5 Å². The van der Waals surface area contributed by atoms with Gasteiger partial charge in [-0.2, -0.15) is 20.5 Å². The Morgan fingerprint density at radius 2 is 1.09 bits per heavy atom. The van der Waals surface area contributed by atoms with E-state index in [4.69, 9.17) is 11.6 Å². The van der Waals surface area contributed by atoms with Gasteiger partial charge in [-0.05, 0) is 164 Å². The van der Waals surface area contributed by atoms with Crippen LogP contribution >= 0.6 is 11.6 Å². The molecule has 0 saturated carbocycles. The van der Waals surface area contributed by atoms with Crippen LogP contribution in [-0.4, -0.2) is 114 Å². The van der Waals surface area contributed by atoms with Crippen molar-refractivity contribution in [2.24, 2.45) is 20.5 Å². The number of sulfonamides is 2. The number of azo groups is 2. The van der Waals surface area contributed by atoms with Gasteiger partial charge in [0.2, 0.25) is 26.1 Å². The minimum atomic E-state index is -3.75. The van der Waals surface area contributed by atoms with Crippen molar-refractivity contribution < 1.29 is 36.0 Å². The molecular formula is C44H58ClN9O8S2. The highest BCUT2D eigenvalue weighted by atomic mass is 35.5. The number of rotatable bonds is 23. The van der Waals surface area contributed by atoms with E-state index in [0.717, 1.165) is 39.3 Å². The van der Waals surface area contributed by atoms with E-state index >= 15 is 0 Å². The minimum Gasteiger partial charge on any atom is -0.323 e. The number of ketones is 3. The lowest BCUT2D eigenvalue weighted by atomic mass is 9.99. The van der Waals surface area contributed by atoms with Gasteiger partial charge in [0.1, 0.15) is 0 Å². The first-order chi connectivity index (χ1) is 30.5. The molecule has 64 heavy (non-hydrogen) atoms. The average molecular weight is 941 g/mol. The molecule has 17 nitrogen and oxygen atoms in total. The Kier molecular flexibility index (Phi) is 18.9. The van der Waals surface area contributed by atoms with Crippen LogP contribution in [-0.2, 0) is 45.6 Å². The van der Waals surface area contributed by atoms with Crippen molar-refractivity contribution >= 4 is 72.0 Å². The Morgan fingerprint density at radius 3 is 1.53 bits per heavy atom. The molecule has 20 heteroatoms. The number of aryl methyl sites for hydroxylation is 1. The Balaban J connectivity index is 1.13. The second-order valence-corrected chi connectivity index (χ2v) is 20.1. The fourth-order valence-electron chi connectivity index (χ4n) is 7.37. The number of anilines is 1. The van der Waals surface area contributed by atoms with Crippen LogP contribution in [0.2, 0.25) is 5.02 Å². The summed E-state index contributed by atoms with van der Waals surface area (Å²) in [5.41, 5.74) is 1.55. The van der Waals surface area contributed by atoms with Gasteiger partial charge < -0.3 is 15.1 Å². The van der Waals surface area contributed by atoms with Gasteiger partial charge in [0.05, 0.1) is 21.2 Å². The van der Waals surface area contributed by atoms with E-state index < -0.39 is 55.4 Å². The molecule has 2 unspecified atom stereocenters. The maximum absolute atomic E-state index is 13.3. The molecule has 2 atom stereocenters. The maximum atomic E-state index is 13.3. The number of carbonyl (C=O) groups is 4. The van der Waals surface area contributed by atoms with E-state index in [-0.39, 0.29) is 38.3 Å². The summed E-state index contributed by atoms with van der Waals surface area (Å²) in [5.74, 6) is -2.55. The van der Waals surface area contributed by atoms with Crippen molar-refractivity contribution in [3.8, 4) is 0 Å². The lowest BCUT2D eigenvalue weighted by Gasteiger charge is -2.26. The Labute approximate surface area is 381 Å². The number of benzene rings is 3. The summed E-state index contributed by atoms with van der Waals surface area (Å²) in [6.07, 6.45) is 8.23. The summed E-state index contributed by atoms with van der Waals surface area (Å²) in [6, 6.07) is 11.2. The van der Waals surface area contributed by atoms with Crippen molar-refractivity contribution in [3.05, 3.63) is 76.8 Å². The molecule has 0 radical (unpaired) electrons. The third kappa shape index (κ3) is 15.2. The number of nitrogens with one attached hydrogen (secondary N) is 3. The van der Waals surface area contributed by atoms with Crippen molar-refractivity contribution in [1.29, 1.82) is 0 Å². The number of piperidine rings is 2. The molecular weight excluding hydrogens is 882 g/mol. The van der Waals surface area contributed by atoms with Gasteiger partial charge in [0.15, 0.2) is 23.4 Å². The first-order valence-electron chi connectivity index (χ1n) is 21.6.